The molecular weight excluding hydrogens is 295 g/mol. The normalized spacial score (nSPS) is 11.3. The summed E-state index contributed by atoms with van der Waals surface area (Å²) < 4.78 is 65.0. The van der Waals surface area contributed by atoms with Gasteiger partial charge in [-0.2, -0.15) is 0 Å². The monoisotopic (exact) mass is 303 g/mol. The van der Waals surface area contributed by atoms with Crippen molar-refractivity contribution in [1.29, 1.82) is 0 Å². The van der Waals surface area contributed by atoms with Crippen LogP contribution in [0.3, 0.4) is 0 Å². The van der Waals surface area contributed by atoms with Gasteiger partial charge >= 0.3 is 0 Å². The Morgan fingerprint density at radius 2 is 1.75 bits per heavy atom. The molecule has 4 nitrogen and oxygen atoms in total. The largest absolute Gasteiger partial charge is 0.506 e. The molecule has 0 bridgehead atoms. The van der Waals surface area contributed by atoms with Crippen LogP contribution in [0.4, 0.5) is 18.9 Å². The predicted molar refractivity (Wildman–Crippen MR) is 65.2 cm³/mol. The smallest absolute Gasteiger partial charge is 0.265 e. The second-order valence-electron chi connectivity index (χ2n) is 3.82. The van der Waals surface area contributed by atoms with Crippen LogP contribution in [0.2, 0.25) is 0 Å². The maximum Gasteiger partial charge on any atom is 0.265 e. The van der Waals surface area contributed by atoms with Gasteiger partial charge in [0.1, 0.15) is 16.5 Å². The molecule has 0 unspecified atom stereocenters. The molecule has 0 saturated carbocycles. The van der Waals surface area contributed by atoms with E-state index in [-0.39, 0.29) is 0 Å². The third kappa shape index (κ3) is 2.69. The molecule has 8 heteroatoms. The van der Waals surface area contributed by atoms with E-state index in [1.807, 2.05) is 0 Å². The minimum Gasteiger partial charge on any atom is -0.506 e. The molecule has 0 amide bonds. The number of anilines is 1. The molecule has 0 aliphatic carbocycles. The van der Waals surface area contributed by atoms with E-state index in [9.17, 15) is 26.7 Å². The van der Waals surface area contributed by atoms with E-state index in [1.165, 1.54) is 0 Å². The molecule has 106 valence electrons. The van der Waals surface area contributed by atoms with Crippen molar-refractivity contribution >= 4 is 15.7 Å². The van der Waals surface area contributed by atoms with Gasteiger partial charge in [-0.25, -0.2) is 21.6 Å². The number of aromatic hydroxyl groups is 1. The molecule has 0 saturated heterocycles. The lowest BCUT2D eigenvalue weighted by Gasteiger charge is -2.10. The Bertz CT molecular complexity index is 763. The summed E-state index contributed by atoms with van der Waals surface area (Å²) in [5.74, 6) is -4.25. The molecule has 0 aliphatic rings. The SMILES string of the molecule is O=S(=O)(Nc1cc(F)ccc1O)c1cccc(F)c1F. The lowest BCUT2D eigenvalue weighted by molar-refractivity contribution is 0.475. The van der Waals surface area contributed by atoms with E-state index >= 15 is 0 Å². The number of halogens is 3. The van der Waals surface area contributed by atoms with Crippen LogP contribution in [0.25, 0.3) is 0 Å². The molecule has 2 rings (SSSR count). The lowest BCUT2D eigenvalue weighted by atomic mass is 10.3. The van der Waals surface area contributed by atoms with Crippen molar-refractivity contribution in [1.82, 2.24) is 0 Å². The highest BCUT2D eigenvalue weighted by atomic mass is 32.2. The molecule has 20 heavy (non-hydrogen) atoms. The maximum absolute atomic E-state index is 13.4. The van der Waals surface area contributed by atoms with Gasteiger partial charge in [0.05, 0.1) is 5.69 Å². The maximum atomic E-state index is 13.4. The van der Waals surface area contributed by atoms with Crippen LogP contribution in [0.15, 0.2) is 41.3 Å². The van der Waals surface area contributed by atoms with E-state index in [2.05, 4.69) is 0 Å². The summed E-state index contributed by atoms with van der Waals surface area (Å²) in [6.07, 6.45) is 0. The second kappa shape index (κ2) is 5.04. The Labute approximate surface area is 112 Å². The molecular formula is C12H8F3NO3S. The standard InChI is InChI=1S/C12H8F3NO3S/c13-7-4-5-10(17)9(6-7)16-20(18,19)11-3-1-2-8(14)12(11)15/h1-6,16-17H. The Hall–Kier alpha value is -2.22. The van der Waals surface area contributed by atoms with Crippen LogP contribution in [-0.2, 0) is 10.0 Å². The Balaban J connectivity index is 2.46. The van der Waals surface area contributed by atoms with Crippen LogP contribution in [0, 0.1) is 17.5 Å². The molecule has 0 aliphatic heterocycles. The number of benzene rings is 2. The summed E-state index contributed by atoms with van der Waals surface area (Å²) in [5, 5.41) is 9.41. The molecule has 2 N–H and O–H groups in total. The molecule has 0 atom stereocenters. The van der Waals surface area contributed by atoms with Gasteiger partial charge in [0.2, 0.25) is 0 Å². The van der Waals surface area contributed by atoms with Gasteiger partial charge in [0.25, 0.3) is 10.0 Å². The number of nitrogens with one attached hydrogen (secondary N) is 1. The Kier molecular flexibility index (Phi) is 3.58. The average molecular weight is 303 g/mol. The molecule has 0 radical (unpaired) electrons. The highest BCUT2D eigenvalue weighted by molar-refractivity contribution is 7.92. The first kappa shape index (κ1) is 14.2. The third-order valence-electron chi connectivity index (χ3n) is 2.41. The van der Waals surface area contributed by atoms with Gasteiger partial charge < -0.3 is 5.11 Å². The van der Waals surface area contributed by atoms with Crippen molar-refractivity contribution in [2.45, 2.75) is 4.90 Å². The predicted octanol–water partition coefficient (Wildman–Crippen LogP) is 2.61. The van der Waals surface area contributed by atoms with Crippen molar-refractivity contribution in [3.05, 3.63) is 53.8 Å². The van der Waals surface area contributed by atoms with Crippen LogP contribution in [0.1, 0.15) is 0 Å². The molecule has 0 fully saturated rings. The van der Waals surface area contributed by atoms with Crippen molar-refractivity contribution in [3.8, 4) is 5.75 Å². The van der Waals surface area contributed by atoms with Gasteiger partial charge in [-0.3, -0.25) is 4.72 Å². The van der Waals surface area contributed by atoms with Gasteiger partial charge in [-0.15, -0.1) is 0 Å². The molecule has 2 aromatic carbocycles. The first-order chi connectivity index (χ1) is 9.31. The van der Waals surface area contributed by atoms with Crippen molar-refractivity contribution in [3.63, 3.8) is 0 Å². The summed E-state index contributed by atoms with van der Waals surface area (Å²) in [6, 6.07) is 5.17. The molecule has 0 heterocycles. The van der Waals surface area contributed by atoms with Gasteiger partial charge in [-0.05, 0) is 24.3 Å². The summed E-state index contributed by atoms with van der Waals surface area (Å²) >= 11 is 0. The quantitative estimate of drug-likeness (QED) is 0.857. The van der Waals surface area contributed by atoms with Crippen molar-refractivity contribution in [2.75, 3.05) is 4.72 Å². The first-order valence-electron chi connectivity index (χ1n) is 5.26. The minimum absolute atomic E-state index is 0.478. The summed E-state index contributed by atoms with van der Waals surface area (Å²) in [6.45, 7) is 0. The number of phenolic OH excluding ortho intramolecular Hbond substituents is 1. The van der Waals surface area contributed by atoms with E-state index in [0.29, 0.717) is 6.07 Å². The number of hydrogen-bond donors (Lipinski definition) is 2. The summed E-state index contributed by atoms with van der Waals surface area (Å²) in [7, 11) is -4.50. The fourth-order valence-electron chi connectivity index (χ4n) is 1.48. The van der Waals surface area contributed by atoms with Gasteiger partial charge in [0.15, 0.2) is 11.6 Å². The number of phenols is 1. The highest BCUT2D eigenvalue weighted by Gasteiger charge is 2.22. The van der Waals surface area contributed by atoms with Crippen LogP contribution in [0.5, 0.6) is 5.75 Å². The number of hydrogen-bond acceptors (Lipinski definition) is 3. The zero-order valence-corrected chi connectivity index (χ0v) is 10.6. The van der Waals surface area contributed by atoms with E-state index in [1.54, 1.807) is 4.72 Å². The third-order valence-corrected chi connectivity index (χ3v) is 3.79. The van der Waals surface area contributed by atoms with E-state index in [0.717, 1.165) is 30.3 Å². The Morgan fingerprint density at radius 3 is 2.45 bits per heavy atom. The fourth-order valence-corrected chi connectivity index (χ4v) is 2.64. The van der Waals surface area contributed by atoms with Crippen molar-refractivity contribution < 1.29 is 26.7 Å². The van der Waals surface area contributed by atoms with Crippen molar-refractivity contribution in [2.24, 2.45) is 0 Å². The van der Waals surface area contributed by atoms with Crippen LogP contribution >= 0.6 is 0 Å². The van der Waals surface area contributed by atoms with E-state index in [4.69, 9.17) is 0 Å². The molecule has 2 aromatic rings. The Morgan fingerprint density at radius 1 is 1.05 bits per heavy atom. The first-order valence-corrected chi connectivity index (χ1v) is 6.75. The average Bonchev–Trinajstić information content (AvgIpc) is 2.36. The van der Waals surface area contributed by atoms with Crippen LogP contribution < -0.4 is 4.72 Å². The lowest BCUT2D eigenvalue weighted by Crippen LogP contribution is -2.15. The minimum atomic E-state index is -4.50. The van der Waals surface area contributed by atoms with E-state index < -0.39 is 43.8 Å². The second-order valence-corrected chi connectivity index (χ2v) is 5.47. The van der Waals surface area contributed by atoms with Gasteiger partial charge in [-0.1, -0.05) is 6.07 Å². The van der Waals surface area contributed by atoms with Gasteiger partial charge in [0, 0.05) is 6.07 Å². The number of sulfonamides is 1. The zero-order valence-electron chi connectivity index (χ0n) is 9.77. The summed E-state index contributed by atoms with van der Waals surface area (Å²) in [5.41, 5.74) is -0.478. The van der Waals surface area contributed by atoms with Crippen LogP contribution in [-0.4, -0.2) is 13.5 Å². The molecule has 0 spiro atoms. The number of rotatable bonds is 3. The molecule has 0 aromatic heterocycles. The highest BCUT2D eigenvalue weighted by Crippen LogP contribution is 2.27. The zero-order chi connectivity index (χ0) is 14.9. The fraction of sp³-hybridized carbons (Fsp3) is 0. The summed E-state index contributed by atoms with van der Waals surface area (Å²) in [4.78, 5) is -0.943. The topological polar surface area (TPSA) is 66.4 Å².